The lowest BCUT2D eigenvalue weighted by atomic mass is 9.86. The Hall–Kier alpha value is -2.49. The van der Waals surface area contributed by atoms with Crippen molar-refractivity contribution in [2.24, 2.45) is 4.99 Å². The van der Waals surface area contributed by atoms with Crippen LogP contribution in [-0.2, 0) is 11.2 Å². The number of aliphatic imine (C=N–C) groups is 1. The fraction of sp³-hybridized carbons (Fsp3) is 0.370. The Morgan fingerprint density at radius 1 is 1.07 bits per heavy atom. The standard InChI is InChI=1S/C27H30N2O/c1-19-7-3-4-11-24(19)25-15-23(28-27-17-29(2)16-26(25)27)14-20-8-5-9-21(13-20)22-10-6-12-30-18-22/h3-5,7-11,13,23H,6,12,14-18H2,1-2H3. The summed E-state index contributed by atoms with van der Waals surface area (Å²) >= 11 is 0. The van der Waals surface area contributed by atoms with E-state index in [-0.39, 0.29) is 0 Å². The molecule has 0 radical (unpaired) electrons. The second kappa shape index (κ2) is 8.33. The molecule has 2 aromatic carbocycles. The highest BCUT2D eigenvalue weighted by atomic mass is 16.5. The van der Waals surface area contributed by atoms with Gasteiger partial charge in [-0.1, -0.05) is 54.6 Å². The number of dihydropyridines is 1. The van der Waals surface area contributed by atoms with Gasteiger partial charge in [0.25, 0.3) is 0 Å². The average molecular weight is 399 g/mol. The molecule has 1 fully saturated rings. The van der Waals surface area contributed by atoms with E-state index in [0.29, 0.717) is 6.04 Å². The van der Waals surface area contributed by atoms with Crippen LogP contribution in [-0.4, -0.2) is 50.0 Å². The van der Waals surface area contributed by atoms with E-state index >= 15 is 0 Å². The highest BCUT2D eigenvalue weighted by Crippen LogP contribution is 2.35. The van der Waals surface area contributed by atoms with E-state index in [9.17, 15) is 0 Å². The van der Waals surface area contributed by atoms with E-state index in [1.165, 1.54) is 44.7 Å². The van der Waals surface area contributed by atoms with Crippen LogP contribution < -0.4 is 0 Å². The number of likely N-dealkylation sites (N-methyl/N-ethyl adjacent to an activating group) is 1. The molecule has 1 unspecified atom stereocenters. The molecule has 1 atom stereocenters. The minimum atomic E-state index is 0.302. The average Bonchev–Trinajstić information content (AvgIpc) is 3.14. The number of ether oxygens (including phenoxy) is 1. The quantitative estimate of drug-likeness (QED) is 0.728. The first-order valence-corrected chi connectivity index (χ1v) is 11.1. The number of likely N-dealkylation sites (tertiary alicyclic amines) is 1. The molecule has 5 rings (SSSR count). The number of nitrogens with zero attached hydrogens (tertiary/aromatic N) is 2. The highest BCUT2D eigenvalue weighted by Gasteiger charge is 2.30. The Morgan fingerprint density at radius 3 is 2.80 bits per heavy atom. The van der Waals surface area contributed by atoms with Crippen LogP contribution in [0.15, 0.2) is 65.2 Å². The van der Waals surface area contributed by atoms with Crippen molar-refractivity contribution < 1.29 is 4.74 Å². The van der Waals surface area contributed by atoms with Crippen molar-refractivity contribution in [2.45, 2.75) is 32.2 Å². The SMILES string of the molecule is Cc1ccccc1C1=C2CN(C)CC2=NC(Cc2cccc(C3=CCCOC3)c2)C1. The summed E-state index contributed by atoms with van der Waals surface area (Å²) in [5.74, 6) is 0. The monoisotopic (exact) mass is 398 g/mol. The molecule has 0 amide bonds. The van der Waals surface area contributed by atoms with Crippen LogP contribution in [0.5, 0.6) is 0 Å². The number of hydrogen-bond donors (Lipinski definition) is 0. The zero-order chi connectivity index (χ0) is 20.5. The second-order valence-corrected chi connectivity index (χ2v) is 8.85. The van der Waals surface area contributed by atoms with E-state index < -0.39 is 0 Å². The van der Waals surface area contributed by atoms with E-state index in [0.717, 1.165) is 45.6 Å². The number of hydrogen-bond acceptors (Lipinski definition) is 3. The molecule has 0 N–H and O–H groups in total. The van der Waals surface area contributed by atoms with Gasteiger partial charge in [0, 0.05) is 13.1 Å². The fourth-order valence-electron chi connectivity index (χ4n) is 5.01. The van der Waals surface area contributed by atoms with Gasteiger partial charge in [0.15, 0.2) is 0 Å². The smallest absolute Gasteiger partial charge is 0.0719 e. The molecule has 30 heavy (non-hydrogen) atoms. The first-order valence-electron chi connectivity index (χ1n) is 11.1. The van der Waals surface area contributed by atoms with E-state index in [1.807, 2.05) is 0 Å². The van der Waals surface area contributed by atoms with Crippen LogP contribution in [0.4, 0.5) is 0 Å². The molecule has 0 bridgehead atoms. The molecule has 3 heteroatoms. The summed E-state index contributed by atoms with van der Waals surface area (Å²) in [5, 5.41) is 0. The van der Waals surface area contributed by atoms with Crippen molar-refractivity contribution in [2.75, 3.05) is 33.4 Å². The van der Waals surface area contributed by atoms with Crippen LogP contribution in [0, 0.1) is 6.92 Å². The van der Waals surface area contributed by atoms with Crippen LogP contribution in [0.1, 0.15) is 35.1 Å². The van der Waals surface area contributed by atoms with Gasteiger partial charge in [-0.25, -0.2) is 0 Å². The Morgan fingerprint density at radius 2 is 1.97 bits per heavy atom. The predicted octanol–water partition coefficient (Wildman–Crippen LogP) is 4.95. The third-order valence-electron chi connectivity index (χ3n) is 6.49. The highest BCUT2D eigenvalue weighted by molar-refractivity contribution is 6.11. The molecular formula is C27H30N2O. The normalized spacial score (nSPS) is 22.0. The molecular weight excluding hydrogens is 368 g/mol. The number of benzene rings is 2. The predicted molar refractivity (Wildman–Crippen MR) is 125 cm³/mol. The Bertz CT molecular complexity index is 1050. The van der Waals surface area contributed by atoms with Crippen molar-refractivity contribution in [3.63, 3.8) is 0 Å². The molecule has 0 spiro atoms. The molecule has 3 nitrogen and oxygen atoms in total. The molecule has 0 saturated carbocycles. The first-order chi connectivity index (χ1) is 14.7. The Kier molecular flexibility index (Phi) is 5.41. The molecule has 3 aliphatic rings. The van der Waals surface area contributed by atoms with Crippen molar-refractivity contribution in [3.05, 3.63) is 82.4 Å². The van der Waals surface area contributed by atoms with Crippen LogP contribution in [0.3, 0.4) is 0 Å². The van der Waals surface area contributed by atoms with Crippen molar-refractivity contribution in [1.82, 2.24) is 4.90 Å². The minimum Gasteiger partial charge on any atom is -0.376 e. The maximum Gasteiger partial charge on any atom is 0.0719 e. The van der Waals surface area contributed by atoms with Crippen LogP contribution >= 0.6 is 0 Å². The van der Waals surface area contributed by atoms with Gasteiger partial charge in [0.05, 0.1) is 25.0 Å². The maximum absolute atomic E-state index is 5.66. The molecule has 1 saturated heterocycles. The van der Waals surface area contributed by atoms with Crippen molar-refractivity contribution in [3.8, 4) is 0 Å². The van der Waals surface area contributed by atoms with Gasteiger partial charge < -0.3 is 4.74 Å². The largest absolute Gasteiger partial charge is 0.376 e. The van der Waals surface area contributed by atoms with Gasteiger partial charge in [-0.05, 0) is 72.2 Å². The third-order valence-corrected chi connectivity index (χ3v) is 6.49. The molecule has 0 aromatic heterocycles. The van der Waals surface area contributed by atoms with Gasteiger partial charge in [-0.3, -0.25) is 9.89 Å². The lowest BCUT2D eigenvalue weighted by Gasteiger charge is -2.25. The lowest BCUT2D eigenvalue weighted by Crippen LogP contribution is -2.21. The van der Waals surface area contributed by atoms with Gasteiger partial charge in [0.2, 0.25) is 0 Å². The summed E-state index contributed by atoms with van der Waals surface area (Å²) < 4.78 is 5.66. The van der Waals surface area contributed by atoms with Crippen LogP contribution in [0.2, 0.25) is 0 Å². The van der Waals surface area contributed by atoms with E-state index in [2.05, 4.69) is 73.5 Å². The number of rotatable bonds is 4. The molecule has 3 heterocycles. The Labute approximate surface area is 179 Å². The van der Waals surface area contributed by atoms with E-state index in [4.69, 9.17) is 9.73 Å². The summed E-state index contributed by atoms with van der Waals surface area (Å²) in [6.07, 6.45) is 5.34. The fourth-order valence-corrected chi connectivity index (χ4v) is 5.01. The van der Waals surface area contributed by atoms with Gasteiger partial charge in [-0.2, -0.15) is 0 Å². The van der Waals surface area contributed by atoms with Gasteiger partial charge >= 0.3 is 0 Å². The second-order valence-electron chi connectivity index (χ2n) is 8.85. The number of aryl methyl sites for hydroxylation is 1. The first kappa shape index (κ1) is 19.5. The van der Waals surface area contributed by atoms with Crippen molar-refractivity contribution in [1.29, 1.82) is 0 Å². The summed E-state index contributed by atoms with van der Waals surface area (Å²) in [6.45, 7) is 5.77. The third kappa shape index (κ3) is 3.92. The van der Waals surface area contributed by atoms with E-state index in [1.54, 1.807) is 0 Å². The molecule has 2 aromatic rings. The van der Waals surface area contributed by atoms with Gasteiger partial charge in [0.1, 0.15) is 0 Å². The maximum atomic E-state index is 5.66. The molecule has 154 valence electrons. The van der Waals surface area contributed by atoms with Gasteiger partial charge in [-0.15, -0.1) is 0 Å². The minimum absolute atomic E-state index is 0.302. The lowest BCUT2D eigenvalue weighted by molar-refractivity contribution is 0.164. The topological polar surface area (TPSA) is 24.8 Å². The zero-order valence-corrected chi connectivity index (χ0v) is 18.0. The summed E-state index contributed by atoms with van der Waals surface area (Å²) in [4.78, 5) is 7.59. The van der Waals surface area contributed by atoms with Crippen LogP contribution in [0.25, 0.3) is 11.1 Å². The molecule has 0 aliphatic carbocycles. The Balaban J connectivity index is 1.43. The molecule has 3 aliphatic heterocycles. The summed E-state index contributed by atoms with van der Waals surface area (Å²) in [5.41, 5.74) is 11.0. The van der Waals surface area contributed by atoms with Crippen molar-refractivity contribution >= 4 is 16.9 Å². The number of fused-ring (bicyclic) bond motifs is 1. The zero-order valence-electron chi connectivity index (χ0n) is 18.0. The summed E-state index contributed by atoms with van der Waals surface area (Å²) in [6, 6.07) is 18.1. The summed E-state index contributed by atoms with van der Waals surface area (Å²) in [7, 11) is 2.20.